The van der Waals surface area contributed by atoms with Crippen LogP contribution in [-0.2, 0) is 27.8 Å². The van der Waals surface area contributed by atoms with Crippen LogP contribution in [0.2, 0.25) is 0 Å². The van der Waals surface area contributed by atoms with Gasteiger partial charge in [0.15, 0.2) is 0 Å². The average Bonchev–Trinajstić information content (AvgIpc) is 3.33. The van der Waals surface area contributed by atoms with E-state index < -0.39 is 10.0 Å². The number of furan rings is 1. The van der Waals surface area contributed by atoms with Crippen molar-refractivity contribution < 1.29 is 17.6 Å². The van der Waals surface area contributed by atoms with E-state index in [0.717, 1.165) is 19.3 Å². The Morgan fingerprint density at radius 2 is 1.59 bits per heavy atom. The second-order valence-corrected chi connectivity index (χ2v) is 10.1. The summed E-state index contributed by atoms with van der Waals surface area (Å²) in [5, 5.41) is 0. The second kappa shape index (κ2) is 10.1. The lowest BCUT2D eigenvalue weighted by Gasteiger charge is -2.33. The van der Waals surface area contributed by atoms with Gasteiger partial charge in [0, 0.05) is 13.1 Å². The van der Waals surface area contributed by atoms with E-state index in [1.165, 1.54) is 16.1 Å². The van der Waals surface area contributed by atoms with Gasteiger partial charge in [-0.05, 0) is 55.0 Å². The van der Waals surface area contributed by atoms with E-state index in [2.05, 4.69) is 24.3 Å². The summed E-state index contributed by atoms with van der Waals surface area (Å²) in [6, 6.07) is 22.0. The molecule has 6 nitrogen and oxygen atoms in total. The highest BCUT2D eigenvalue weighted by molar-refractivity contribution is 7.89. The zero-order valence-electron chi connectivity index (χ0n) is 18.0. The summed E-state index contributed by atoms with van der Waals surface area (Å²) in [7, 11) is -3.84. The van der Waals surface area contributed by atoms with Gasteiger partial charge in [-0.2, -0.15) is 4.31 Å². The lowest BCUT2D eigenvalue weighted by Crippen LogP contribution is -2.45. The van der Waals surface area contributed by atoms with E-state index in [-0.39, 0.29) is 23.9 Å². The van der Waals surface area contributed by atoms with Gasteiger partial charge in [0.25, 0.3) is 0 Å². The smallest absolute Gasteiger partial charge is 0.243 e. The van der Waals surface area contributed by atoms with Gasteiger partial charge in [0.2, 0.25) is 15.9 Å². The number of sulfonamides is 1. The summed E-state index contributed by atoms with van der Waals surface area (Å²) >= 11 is 0. The highest BCUT2D eigenvalue weighted by Crippen LogP contribution is 2.23. The molecule has 1 fully saturated rings. The summed E-state index contributed by atoms with van der Waals surface area (Å²) in [6.45, 7) is 1.11. The van der Waals surface area contributed by atoms with Crippen molar-refractivity contribution in [1.82, 2.24) is 9.21 Å². The minimum Gasteiger partial charge on any atom is -0.468 e. The maximum atomic E-state index is 13.2. The second-order valence-electron chi connectivity index (χ2n) is 8.18. The number of hydrogen-bond donors (Lipinski definition) is 0. The molecule has 0 bridgehead atoms. The number of carbonyl (C=O) groups excluding carboxylic acids is 1. The minimum absolute atomic E-state index is 0.0143. The third-order valence-electron chi connectivity index (χ3n) is 5.94. The van der Waals surface area contributed by atoms with Gasteiger partial charge in [-0.25, -0.2) is 8.42 Å². The molecule has 7 heteroatoms. The maximum Gasteiger partial charge on any atom is 0.243 e. The van der Waals surface area contributed by atoms with Crippen LogP contribution in [0.4, 0.5) is 0 Å². The summed E-state index contributed by atoms with van der Waals surface area (Å²) in [5.74, 6) is 0.863. The monoisotopic (exact) mass is 452 g/mol. The Morgan fingerprint density at radius 3 is 2.22 bits per heavy atom. The predicted molar refractivity (Wildman–Crippen MR) is 122 cm³/mol. The van der Waals surface area contributed by atoms with Crippen molar-refractivity contribution in [2.75, 3.05) is 19.6 Å². The van der Waals surface area contributed by atoms with Crippen LogP contribution >= 0.6 is 0 Å². The lowest BCUT2D eigenvalue weighted by atomic mass is 9.90. The predicted octanol–water partition coefficient (Wildman–Crippen LogP) is 3.95. The molecule has 32 heavy (non-hydrogen) atoms. The number of hydrogen-bond acceptors (Lipinski definition) is 4. The highest BCUT2D eigenvalue weighted by Gasteiger charge is 2.30. The Bertz CT molecular complexity index is 1090. The van der Waals surface area contributed by atoms with Crippen LogP contribution in [0.3, 0.4) is 0 Å². The quantitative estimate of drug-likeness (QED) is 0.519. The molecule has 1 aromatic heterocycles. The fraction of sp³-hybridized carbons (Fsp3) is 0.320. The van der Waals surface area contributed by atoms with Gasteiger partial charge < -0.3 is 9.32 Å². The molecule has 1 aliphatic heterocycles. The van der Waals surface area contributed by atoms with Crippen LogP contribution in [-0.4, -0.2) is 43.2 Å². The van der Waals surface area contributed by atoms with Crippen LogP contribution in [0.25, 0.3) is 0 Å². The number of carbonyl (C=O) groups is 1. The van der Waals surface area contributed by atoms with Crippen molar-refractivity contribution in [3.63, 3.8) is 0 Å². The standard InChI is InChI=1S/C25H28N2O4S/c28-25(26-15-13-22(14-16-26)18-21-8-3-1-4-9-21)20-27(19-23-10-7-17-31-23)32(29,30)24-11-5-2-6-12-24/h1-12,17,22H,13-16,18-20H2. The van der Waals surface area contributed by atoms with Gasteiger partial charge in [0.1, 0.15) is 5.76 Å². The van der Waals surface area contributed by atoms with Gasteiger partial charge in [0.05, 0.1) is 24.2 Å². The highest BCUT2D eigenvalue weighted by atomic mass is 32.2. The number of nitrogens with zero attached hydrogens (tertiary/aromatic N) is 2. The van der Waals surface area contributed by atoms with Crippen LogP contribution in [0.15, 0.2) is 88.4 Å². The van der Waals surface area contributed by atoms with Crippen molar-refractivity contribution in [2.45, 2.75) is 30.7 Å². The molecule has 0 spiro atoms. The molecule has 0 aliphatic carbocycles. The van der Waals surface area contributed by atoms with Crippen molar-refractivity contribution in [3.8, 4) is 0 Å². The Labute approximate surface area is 189 Å². The molecule has 0 atom stereocenters. The van der Waals surface area contributed by atoms with E-state index in [4.69, 9.17) is 4.42 Å². The molecule has 2 aromatic carbocycles. The lowest BCUT2D eigenvalue weighted by molar-refractivity contribution is -0.132. The van der Waals surface area contributed by atoms with E-state index in [0.29, 0.717) is 24.8 Å². The van der Waals surface area contributed by atoms with Gasteiger partial charge in [-0.15, -0.1) is 0 Å². The number of likely N-dealkylation sites (tertiary alicyclic amines) is 1. The molecule has 4 rings (SSSR count). The number of amides is 1. The Morgan fingerprint density at radius 1 is 0.938 bits per heavy atom. The molecular weight excluding hydrogens is 424 g/mol. The van der Waals surface area contributed by atoms with Gasteiger partial charge in [-0.1, -0.05) is 48.5 Å². The van der Waals surface area contributed by atoms with Crippen molar-refractivity contribution in [2.24, 2.45) is 5.92 Å². The molecule has 1 saturated heterocycles. The number of rotatable bonds is 8. The molecule has 0 N–H and O–H groups in total. The summed E-state index contributed by atoms with van der Waals surface area (Å²) in [6.07, 6.45) is 4.35. The fourth-order valence-electron chi connectivity index (χ4n) is 4.13. The molecule has 0 unspecified atom stereocenters. The van der Waals surface area contributed by atoms with Crippen molar-refractivity contribution >= 4 is 15.9 Å². The molecule has 2 heterocycles. The van der Waals surface area contributed by atoms with Crippen LogP contribution in [0, 0.1) is 5.92 Å². The van der Waals surface area contributed by atoms with Crippen LogP contribution < -0.4 is 0 Å². The van der Waals surface area contributed by atoms with Gasteiger partial charge in [-0.3, -0.25) is 4.79 Å². The largest absolute Gasteiger partial charge is 0.468 e. The first kappa shape index (κ1) is 22.3. The average molecular weight is 453 g/mol. The first-order chi connectivity index (χ1) is 15.5. The molecule has 1 amide bonds. The maximum absolute atomic E-state index is 13.2. The number of benzene rings is 2. The van der Waals surface area contributed by atoms with E-state index in [9.17, 15) is 13.2 Å². The SMILES string of the molecule is O=C(CN(Cc1ccco1)S(=O)(=O)c1ccccc1)N1CCC(Cc2ccccc2)CC1. The summed E-state index contributed by atoms with van der Waals surface area (Å²) in [4.78, 5) is 15.0. The van der Waals surface area contributed by atoms with Crippen LogP contribution in [0.5, 0.6) is 0 Å². The molecule has 3 aromatic rings. The van der Waals surface area contributed by atoms with Gasteiger partial charge >= 0.3 is 0 Å². The first-order valence-electron chi connectivity index (χ1n) is 10.9. The third kappa shape index (κ3) is 5.47. The Balaban J connectivity index is 1.41. The first-order valence-corrected chi connectivity index (χ1v) is 12.4. The fourth-order valence-corrected chi connectivity index (χ4v) is 5.51. The van der Waals surface area contributed by atoms with Crippen LogP contribution in [0.1, 0.15) is 24.2 Å². The molecule has 0 radical (unpaired) electrons. The Kier molecular flexibility index (Phi) is 7.07. The van der Waals surface area contributed by atoms with E-state index >= 15 is 0 Å². The Hall–Kier alpha value is -2.90. The minimum atomic E-state index is -3.84. The molecular formula is C25H28N2O4S. The zero-order chi connectivity index (χ0) is 22.4. The molecule has 168 valence electrons. The van der Waals surface area contributed by atoms with Crippen molar-refractivity contribution in [1.29, 1.82) is 0 Å². The summed E-state index contributed by atoms with van der Waals surface area (Å²) < 4.78 is 33.1. The zero-order valence-corrected chi connectivity index (χ0v) is 18.8. The molecule has 1 aliphatic rings. The third-order valence-corrected chi connectivity index (χ3v) is 7.75. The van der Waals surface area contributed by atoms with Crippen molar-refractivity contribution in [3.05, 3.63) is 90.4 Å². The number of piperidine rings is 1. The summed E-state index contributed by atoms with van der Waals surface area (Å²) in [5.41, 5.74) is 1.32. The van der Waals surface area contributed by atoms with E-state index in [1.54, 1.807) is 47.4 Å². The topological polar surface area (TPSA) is 70.8 Å². The van der Waals surface area contributed by atoms with E-state index in [1.807, 2.05) is 6.07 Å². The molecule has 0 saturated carbocycles. The normalized spacial score (nSPS) is 15.2.